The molecule has 0 aromatic heterocycles. The standard InChI is InChI=1S/C14H22N2/c1-3-12-4-6-13(7-5-12)16-10-8-14(2,15)9-11-16/h4-7H,3,8-11,15H2,1-2H3. The van der Waals surface area contributed by atoms with Gasteiger partial charge >= 0.3 is 0 Å². The molecule has 2 nitrogen and oxygen atoms in total. The van der Waals surface area contributed by atoms with Crippen molar-refractivity contribution >= 4 is 5.69 Å². The molecular weight excluding hydrogens is 196 g/mol. The van der Waals surface area contributed by atoms with Crippen LogP contribution in [0.3, 0.4) is 0 Å². The summed E-state index contributed by atoms with van der Waals surface area (Å²) in [4.78, 5) is 2.44. The van der Waals surface area contributed by atoms with E-state index in [0.717, 1.165) is 32.4 Å². The Kier molecular flexibility index (Phi) is 3.20. The highest BCUT2D eigenvalue weighted by Gasteiger charge is 2.25. The van der Waals surface area contributed by atoms with Gasteiger partial charge in [-0.25, -0.2) is 0 Å². The number of hydrogen-bond acceptors (Lipinski definition) is 2. The Morgan fingerprint density at radius 2 is 1.75 bits per heavy atom. The van der Waals surface area contributed by atoms with Crippen molar-refractivity contribution in [3.8, 4) is 0 Å². The summed E-state index contributed by atoms with van der Waals surface area (Å²) in [7, 11) is 0. The molecule has 0 unspecified atom stereocenters. The van der Waals surface area contributed by atoms with Gasteiger partial charge < -0.3 is 10.6 Å². The van der Waals surface area contributed by atoms with Crippen molar-refractivity contribution in [2.45, 2.75) is 38.6 Å². The van der Waals surface area contributed by atoms with Gasteiger partial charge in [-0.2, -0.15) is 0 Å². The lowest BCUT2D eigenvalue weighted by molar-refractivity contribution is 0.364. The van der Waals surface area contributed by atoms with Gasteiger partial charge in [0, 0.05) is 24.3 Å². The van der Waals surface area contributed by atoms with Crippen LogP contribution in [0.2, 0.25) is 0 Å². The summed E-state index contributed by atoms with van der Waals surface area (Å²) in [5, 5.41) is 0. The van der Waals surface area contributed by atoms with Gasteiger partial charge in [0.25, 0.3) is 0 Å². The lowest BCUT2D eigenvalue weighted by atomic mass is 9.91. The van der Waals surface area contributed by atoms with E-state index < -0.39 is 0 Å². The summed E-state index contributed by atoms with van der Waals surface area (Å²) in [5.74, 6) is 0. The second kappa shape index (κ2) is 4.46. The molecule has 0 atom stereocenters. The van der Waals surface area contributed by atoms with Crippen molar-refractivity contribution in [1.82, 2.24) is 0 Å². The summed E-state index contributed by atoms with van der Waals surface area (Å²) in [5.41, 5.74) is 8.93. The van der Waals surface area contributed by atoms with E-state index in [1.807, 2.05) is 0 Å². The molecular formula is C14H22N2. The van der Waals surface area contributed by atoms with Gasteiger partial charge in [-0.1, -0.05) is 19.1 Å². The van der Waals surface area contributed by atoms with Gasteiger partial charge in [0.15, 0.2) is 0 Å². The molecule has 1 aromatic rings. The smallest absolute Gasteiger partial charge is 0.0366 e. The number of piperidine rings is 1. The molecule has 2 N–H and O–H groups in total. The molecule has 1 fully saturated rings. The second-order valence-corrected chi connectivity index (χ2v) is 5.16. The largest absolute Gasteiger partial charge is 0.371 e. The van der Waals surface area contributed by atoms with Gasteiger partial charge in [-0.05, 0) is 43.9 Å². The maximum absolute atomic E-state index is 6.14. The number of benzene rings is 1. The maximum atomic E-state index is 6.14. The van der Waals surface area contributed by atoms with E-state index in [4.69, 9.17) is 5.73 Å². The molecule has 1 aliphatic heterocycles. The monoisotopic (exact) mass is 218 g/mol. The van der Waals surface area contributed by atoms with E-state index in [2.05, 4.69) is 43.0 Å². The third-order valence-electron chi connectivity index (χ3n) is 3.62. The Labute approximate surface area is 98.4 Å². The van der Waals surface area contributed by atoms with E-state index >= 15 is 0 Å². The lowest BCUT2D eigenvalue weighted by Crippen LogP contribution is -2.48. The molecule has 0 saturated carbocycles. The van der Waals surface area contributed by atoms with Gasteiger partial charge in [-0.15, -0.1) is 0 Å². The molecule has 1 aliphatic rings. The van der Waals surface area contributed by atoms with Crippen molar-refractivity contribution in [2.24, 2.45) is 5.73 Å². The van der Waals surface area contributed by atoms with E-state index in [1.54, 1.807) is 0 Å². The van der Waals surface area contributed by atoms with Crippen LogP contribution in [0.4, 0.5) is 5.69 Å². The van der Waals surface area contributed by atoms with Crippen molar-refractivity contribution in [3.05, 3.63) is 29.8 Å². The van der Waals surface area contributed by atoms with Crippen molar-refractivity contribution in [3.63, 3.8) is 0 Å². The van der Waals surface area contributed by atoms with Crippen LogP contribution in [0.5, 0.6) is 0 Å². The third kappa shape index (κ3) is 2.56. The molecule has 1 saturated heterocycles. The topological polar surface area (TPSA) is 29.3 Å². The lowest BCUT2D eigenvalue weighted by Gasteiger charge is -2.38. The Balaban J connectivity index is 2.03. The van der Waals surface area contributed by atoms with Crippen LogP contribution in [0.1, 0.15) is 32.3 Å². The second-order valence-electron chi connectivity index (χ2n) is 5.16. The van der Waals surface area contributed by atoms with Crippen LogP contribution in [0.25, 0.3) is 0 Å². The molecule has 2 heteroatoms. The van der Waals surface area contributed by atoms with Crippen LogP contribution in [0, 0.1) is 0 Å². The predicted octanol–water partition coefficient (Wildman–Crippen LogP) is 2.57. The van der Waals surface area contributed by atoms with E-state index in [-0.39, 0.29) is 5.54 Å². The highest BCUT2D eigenvalue weighted by Crippen LogP contribution is 2.24. The Bertz CT molecular complexity index is 330. The van der Waals surface area contributed by atoms with Crippen LogP contribution in [-0.4, -0.2) is 18.6 Å². The number of nitrogens with two attached hydrogens (primary N) is 1. The van der Waals surface area contributed by atoms with Crippen molar-refractivity contribution < 1.29 is 0 Å². The third-order valence-corrected chi connectivity index (χ3v) is 3.62. The summed E-state index contributed by atoms with van der Waals surface area (Å²) in [6, 6.07) is 8.92. The average molecular weight is 218 g/mol. The molecule has 16 heavy (non-hydrogen) atoms. The maximum Gasteiger partial charge on any atom is 0.0366 e. The Morgan fingerprint density at radius 3 is 2.25 bits per heavy atom. The number of nitrogens with zero attached hydrogens (tertiary/aromatic N) is 1. The molecule has 0 bridgehead atoms. The average Bonchev–Trinajstić information content (AvgIpc) is 2.29. The quantitative estimate of drug-likeness (QED) is 0.826. The number of hydrogen-bond donors (Lipinski definition) is 1. The zero-order valence-electron chi connectivity index (χ0n) is 10.4. The first-order valence-corrected chi connectivity index (χ1v) is 6.23. The van der Waals surface area contributed by atoms with Crippen molar-refractivity contribution in [1.29, 1.82) is 0 Å². The van der Waals surface area contributed by atoms with Crippen LogP contribution in [0.15, 0.2) is 24.3 Å². The Morgan fingerprint density at radius 1 is 1.19 bits per heavy atom. The molecule has 0 radical (unpaired) electrons. The summed E-state index contributed by atoms with van der Waals surface area (Å²) in [6.45, 7) is 6.51. The predicted molar refractivity (Wildman–Crippen MR) is 69.9 cm³/mol. The van der Waals surface area contributed by atoms with Gasteiger partial charge in [0.2, 0.25) is 0 Å². The first kappa shape index (κ1) is 11.5. The molecule has 2 rings (SSSR count). The Hall–Kier alpha value is -1.02. The minimum atomic E-state index is 0.0415. The van der Waals surface area contributed by atoms with Crippen LogP contribution < -0.4 is 10.6 Å². The molecule has 1 heterocycles. The number of aryl methyl sites for hydroxylation is 1. The van der Waals surface area contributed by atoms with Crippen LogP contribution >= 0.6 is 0 Å². The summed E-state index contributed by atoms with van der Waals surface area (Å²) >= 11 is 0. The summed E-state index contributed by atoms with van der Waals surface area (Å²) in [6.07, 6.45) is 3.28. The normalized spacial score (nSPS) is 19.8. The first-order valence-electron chi connectivity index (χ1n) is 6.23. The molecule has 0 amide bonds. The van der Waals surface area contributed by atoms with E-state index in [9.17, 15) is 0 Å². The molecule has 88 valence electrons. The number of anilines is 1. The zero-order valence-corrected chi connectivity index (χ0v) is 10.4. The van der Waals surface area contributed by atoms with Gasteiger partial charge in [0.1, 0.15) is 0 Å². The van der Waals surface area contributed by atoms with Crippen molar-refractivity contribution in [2.75, 3.05) is 18.0 Å². The van der Waals surface area contributed by atoms with Gasteiger partial charge in [0.05, 0.1) is 0 Å². The molecule has 0 aliphatic carbocycles. The van der Waals surface area contributed by atoms with E-state index in [1.165, 1.54) is 11.3 Å². The van der Waals surface area contributed by atoms with Gasteiger partial charge in [-0.3, -0.25) is 0 Å². The molecule has 1 aromatic carbocycles. The SMILES string of the molecule is CCc1ccc(N2CCC(C)(N)CC2)cc1. The minimum absolute atomic E-state index is 0.0415. The highest BCUT2D eigenvalue weighted by molar-refractivity contribution is 5.48. The van der Waals surface area contributed by atoms with E-state index in [0.29, 0.717) is 0 Å². The fraction of sp³-hybridized carbons (Fsp3) is 0.571. The first-order chi connectivity index (χ1) is 7.61. The zero-order chi connectivity index (χ0) is 11.6. The minimum Gasteiger partial charge on any atom is -0.371 e. The summed E-state index contributed by atoms with van der Waals surface area (Å²) < 4.78 is 0. The van der Waals surface area contributed by atoms with Crippen LogP contribution in [-0.2, 0) is 6.42 Å². The fourth-order valence-electron chi connectivity index (χ4n) is 2.22. The highest BCUT2D eigenvalue weighted by atomic mass is 15.1. The number of rotatable bonds is 2. The molecule has 0 spiro atoms. The fourth-order valence-corrected chi connectivity index (χ4v) is 2.22.